The number of hydrogen-bond acceptors (Lipinski definition) is 3. The Hall–Kier alpha value is -1.39. The van der Waals surface area contributed by atoms with Crippen molar-refractivity contribution in [3.05, 3.63) is 42.2 Å². The maximum absolute atomic E-state index is 14.2. The number of benzene rings is 1. The highest BCUT2D eigenvalue weighted by atomic mass is 19.1. The minimum Gasteiger partial charge on any atom is -0.395 e. The predicted octanol–water partition coefficient (Wildman–Crippen LogP) is 2.41. The van der Waals surface area contributed by atoms with E-state index in [-0.39, 0.29) is 12.4 Å². The van der Waals surface area contributed by atoms with Crippen LogP contribution >= 0.6 is 0 Å². The zero-order chi connectivity index (χ0) is 14.4. The van der Waals surface area contributed by atoms with E-state index in [2.05, 4.69) is 11.5 Å². The summed E-state index contributed by atoms with van der Waals surface area (Å²) in [6, 6.07) is 5.28. The molecule has 1 fully saturated rings. The highest BCUT2D eigenvalue weighted by molar-refractivity contribution is 5.54. The summed E-state index contributed by atoms with van der Waals surface area (Å²) in [6.45, 7) is 7.47. The lowest BCUT2D eigenvalue weighted by Crippen LogP contribution is -2.29. The molecule has 0 saturated carbocycles. The van der Waals surface area contributed by atoms with Crippen molar-refractivity contribution in [3.8, 4) is 0 Å². The summed E-state index contributed by atoms with van der Waals surface area (Å²) in [4.78, 5) is 4.26. The second kappa shape index (κ2) is 7.41. The van der Waals surface area contributed by atoms with Gasteiger partial charge >= 0.3 is 0 Å². The summed E-state index contributed by atoms with van der Waals surface area (Å²) < 4.78 is 14.2. The molecule has 1 heterocycles. The first kappa shape index (κ1) is 15.0. The van der Waals surface area contributed by atoms with Gasteiger partial charge in [0, 0.05) is 44.0 Å². The van der Waals surface area contributed by atoms with Gasteiger partial charge in [0.05, 0.1) is 6.61 Å². The molecule has 1 saturated heterocycles. The predicted molar refractivity (Wildman–Crippen MR) is 80.4 cm³/mol. The highest BCUT2D eigenvalue weighted by Crippen LogP contribution is 2.27. The van der Waals surface area contributed by atoms with Gasteiger partial charge in [-0.1, -0.05) is 12.1 Å². The van der Waals surface area contributed by atoms with Gasteiger partial charge in [-0.25, -0.2) is 4.39 Å². The van der Waals surface area contributed by atoms with Gasteiger partial charge in [0.1, 0.15) is 5.82 Å². The van der Waals surface area contributed by atoms with E-state index in [1.807, 2.05) is 11.0 Å². The summed E-state index contributed by atoms with van der Waals surface area (Å²) >= 11 is 0. The van der Waals surface area contributed by atoms with Gasteiger partial charge in [-0.2, -0.15) is 0 Å². The number of rotatable bonds is 7. The average Bonchev–Trinajstić information content (AvgIpc) is 2.95. The molecule has 0 atom stereocenters. The normalized spacial score (nSPS) is 15.1. The molecule has 1 aliphatic rings. The zero-order valence-corrected chi connectivity index (χ0v) is 11.9. The third-order valence-corrected chi connectivity index (χ3v) is 3.73. The Morgan fingerprint density at radius 2 is 2.10 bits per heavy atom. The standard InChI is InChI=1S/C16H23FN2O/c1-2-8-18(11-12-20)13-14-15(17)6-5-7-16(14)19-9-3-4-10-19/h2,5-7,20H,1,3-4,8-13H2. The van der Waals surface area contributed by atoms with Crippen LogP contribution in [-0.2, 0) is 6.54 Å². The van der Waals surface area contributed by atoms with Crippen molar-refractivity contribution >= 4 is 5.69 Å². The molecule has 4 heteroatoms. The molecule has 0 unspecified atom stereocenters. The van der Waals surface area contributed by atoms with E-state index >= 15 is 0 Å². The van der Waals surface area contributed by atoms with E-state index in [1.165, 1.54) is 18.9 Å². The van der Waals surface area contributed by atoms with Crippen molar-refractivity contribution in [2.24, 2.45) is 0 Å². The van der Waals surface area contributed by atoms with Crippen molar-refractivity contribution in [1.82, 2.24) is 4.90 Å². The van der Waals surface area contributed by atoms with Gasteiger partial charge in [0.15, 0.2) is 0 Å². The van der Waals surface area contributed by atoms with Crippen molar-refractivity contribution < 1.29 is 9.50 Å². The lowest BCUT2D eigenvalue weighted by atomic mass is 10.1. The largest absolute Gasteiger partial charge is 0.395 e. The van der Waals surface area contributed by atoms with Crippen molar-refractivity contribution in [2.75, 3.05) is 37.7 Å². The lowest BCUT2D eigenvalue weighted by molar-refractivity contribution is 0.202. The fourth-order valence-electron chi connectivity index (χ4n) is 2.74. The highest BCUT2D eigenvalue weighted by Gasteiger charge is 2.19. The maximum atomic E-state index is 14.2. The Kier molecular flexibility index (Phi) is 5.56. The van der Waals surface area contributed by atoms with Gasteiger partial charge in [-0.3, -0.25) is 4.90 Å². The molecule has 1 N–H and O–H groups in total. The summed E-state index contributed by atoms with van der Waals surface area (Å²) in [7, 11) is 0. The molecule has 0 aromatic heterocycles. The first-order chi connectivity index (χ1) is 9.76. The molecule has 110 valence electrons. The van der Waals surface area contributed by atoms with Crippen molar-refractivity contribution in [1.29, 1.82) is 0 Å². The molecule has 0 aliphatic carbocycles. The van der Waals surface area contributed by atoms with Crippen LogP contribution in [0.3, 0.4) is 0 Å². The van der Waals surface area contributed by atoms with Crippen molar-refractivity contribution in [2.45, 2.75) is 19.4 Å². The summed E-state index contributed by atoms with van der Waals surface area (Å²) in [5.41, 5.74) is 1.72. The number of nitrogens with zero attached hydrogens (tertiary/aromatic N) is 2. The number of hydrogen-bond donors (Lipinski definition) is 1. The number of aliphatic hydroxyl groups excluding tert-OH is 1. The molecule has 1 aliphatic heterocycles. The van der Waals surface area contributed by atoms with Crippen LogP contribution in [0.5, 0.6) is 0 Å². The molecular weight excluding hydrogens is 255 g/mol. The minimum atomic E-state index is -0.165. The average molecular weight is 278 g/mol. The Bertz CT molecular complexity index is 444. The summed E-state index contributed by atoms with van der Waals surface area (Å²) in [5, 5.41) is 9.11. The van der Waals surface area contributed by atoms with Gasteiger partial charge in [0.25, 0.3) is 0 Å². The second-order valence-electron chi connectivity index (χ2n) is 5.18. The lowest BCUT2D eigenvalue weighted by Gasteiger charge is -2.26. The van der Waals surface area contributed by atoms with E-state index in [0.717, 1.165) is 24.3 Å². The van der Waals surface area contributed by atoms with Gasteiger partial charge in [-0.05, 0) is 25.0 Å². The summed E-state index contributed by atoms with van der Waals surface area (Å²) in [5.74, 6) is -0.165. The van der Waals surface area contributed by atoms with E-state index in [4.69, 9.17) is 5.11 Å². The number of halogens is 1. The van der Waals surface area contributed by atoms with Crippen LogP contribution in [0.1, 0.15) is 18.4 Å². The smallest absolute Gasteiger partial charge is 0.129 e. The molecule has 0 amide bonds. The molecule has 0 radical (unpaired) electrons. The number of aliphatic hydroxyl groups is 1. The Morgan fingerprint density at radius 1 is 1.35 bits per heavy atom. The van der Waals surface area contributed by atoms with E-state index in [1.54, 1.807) is 12.1 Å². The monoisotopic (exact) mass is 278 g/mol. The third kappa shape index (κ3) is 3.58. The molecule has 20 heavy (non-hydrogen) atoms. The van der Waals surface area contributed by atoms with E-state index in [0.29, 0.717) is 19.6 Å². The van der Waals surface area contributed by atoms with Crippen LogP contribution < -0.4 is 4.90 Å². The molecular formula is C16H23FN2O. The Balaban J connectivity index is 2.21. The maximum Gasteiger partial charge on any atom is 0.129 e. The van der Waals surface area contributed by atoms with Gasteiger partial charge in [0.2, 0.25) is 0 Å². The quantitative estimate of drug-likeness (QED) is 0.776. The number of anilines is 1. The topological polar surface area (TPSA) is 26.7 Å². The van der Waals surface area contributed by atoms with Crippen LogP contribution in [-0.4, -0.2) is 42.8 Å². The van der Waals surface area contributed by atoms with Crippen molar-refractivity contribution in [3.63, 3.8) is 0 Å². The molecule has 3 nitrogen and oxygen atoms in total. The van der Waals surface area contributed by atoms with Gasteiger partial charge in [-0.15, -0.1) is 6.58 Å². The minimum absolute atomic E-state index is 0.0708. The Labute approximate surface area is 120 Å². The van der Waals surface area contributed by atoms with Crippen LogP contribution in [0.25, 0.3) is 0 Å². The molecule has 1 aromatic rings. The van der Waals surface area contributed by atoms with Crippen LogP contribution in [0.15, 0.2) is 30.9 Å². The van der Waals surface area contributed by atoms with Crippen LogP contribution in [0.4, 0.5) is 10.1 Å². The second-order valence-corrected chi connectivity index (χ2v) is 5.18. The van der Waals surface area contributed by atoms with E-state index in [9.17, 15) is 4.39 Å². The Morgan fingerprint density at radius 3 is 2.75 bits per heavy atom. The van der Waals surface area contributed by atoms with Crippen LogP contribution in [0.2, 0.25) is 0 Å². The molecule has 0 bridgehead atoms. The summed E-state index contributed by atoms with van der Waals surface area (Å²) in [6.07, 6.45) is 4.12. The fraction of sp³-hybridized carbons (Fsp3) is 0.500. The molecule has 2 rings (SSSR count). The van der Waals surface area contributed by atoms with E-state index < -0.39 is 0 Å². The van der Waals surface area contributed by atoms with Gasteiger partial charge < -0.3 is 10.0 Å². The molecule has 1 aromatic carbocycles. The van der Waals surface area contributed by atoms with Crippen LogP contribution in [0, 0.1) is 5.82 Å². The first-order valence-corrected chi connectivity index (χ1v) is 7.22. The molecule has 0 spiro atoms. The zero-order valence-electron chi connectivity index (χ0n) is 11.9. The SMILES string of the molecule is C=CCN(CCO)Cc1c(F)cccc1N1CCCC1. The fourth-order valence-corrected chi connectivity index (χ4v) is 2.74. The third-order valence-electron chi connectivity index (χ3n) is 3.73. The first-order valence-electron chi connectivity index (χ1n) is 7.22.